The molecule has 1 aromatic rings. The zero-order valence-corrected chi connectivity index (χ0v) is 9.49. The van der Waals surface area contributed by atoms with Crippen LogP contribution in [0.1, 0.15) is 23.6 Å². The molecule has 1 aliphatic rings. The first kappa shape index (κ1) is 11.1. The van der Waals surface area contributed by atoms with Gasteiger partial charge in [-0.1, -0.05) is 25.1 Å². The van der Waals surface area contributed by atoms with Crippen molar-refractivity contribution < 1.29 is 9.90 Å². The normalized spacial score (nSPS) is 16.6. The van der Waals surface area contributed by atoms with Crippen LogP contribution in [0.25, 0.3) is 0 Å². The Bertz CT molecular complexity index is 401. The second-order valence-electron chi connectivity index (χ2n) is 4.47. The van der Waals surface area contributed by atoms with E-state index in [2.05, 4.69) is 17.4 Å². The van der Waals surface area contributed by atoms with E-state index in [0.717, 1.165) is 25.1 Å². The lowest BCUT2D eigenvalue weighted by Crippen LogP contribution is -2.23. The number of hydrogen-bond acceptors (Lipinski definition) is 2. The predicted octanol–water partition coefficient (Wildman–Crippen LogP) is 1.60. The molecule has 1 heterocycles. The van der Waals surface area contributed by atoms with E-state index in [0.29, 0.717) is 6.42 Å². The van der Waals surface area contributed by atoms with Crippen LogP contribution in [-0.2, 0) is 24.2 Å². The summed E-state index contributed by atoms with van der Waals surface area (Å²) in [7, 11) is 0. The molecule has 1 aliphatic heterocycles. The van der Waals surface area contributed by atoms with E-state index in [1.807, 2.05) is 6.07 Å². The number of fused-ring (bicyclic) bond motifs is 1. The predicted molar refractivity (Wildman–Crippen MR) is 62.4 cm³/mol. The van der Waals surface area contributed by atoms with Crippen LogP contribution in [0.4, 0.5) is 0 Å². The minimum atomic E-state index is -0.723. The Hall–Kier alpha value is -1.35. The number of rotatable bonds is 3. The molecule has 0 saturated carbocycles. The van der Waals surface area contributed by atoms with Crippen molar-refractivity contribution in [1.29, 1.82) is 0 Å². The Morgan fingerprint density at radius 3 is 3.06 bits per heavy atom. The van der Waals surface area contributed by atoms with Gasteiger partial charge in [-0.15, -0.1) is 0 Å². The molecule has 0 radical (unpaired) electrons. The van der Waals surface area contributed by atoms with Crippen LogP contribution in [0, 0.1) is 5.92 Å². The quantitative estimate of drug-likeness (QED) is 0.811. The van der Waals surface area contributed by atoms with E-state index in [-0.39, 0.29) is 5.92 Å². The summed E-state index contributed by atoms with van der Waals surface area (Å²) in [6, 6.07) is 6.33. The van der Waals surface area contributed by atoms with Crippen molar-refractivity contribution in [2.75, 3.05) is 6.54 Å². The summed E-state index contributed by atoms with van der Waals surface area (Å²) < 4.78 is 0. The van der Waals surface area contributed by atoms with Gasteiger partial charge in [-0.3, -0.25) is 4.79 Å². The maximum absolute atomic E-state index is 10.8. The lowest BCUT2D eigenvalue weighted by molar-refractivity contribution is -0.141. The highest BCUT2D eigenvalue weighted by atomic mass is 16.4. The first-order valence-corrected chi connectivity index (χ1v) is 5.71. The van der Waals surface area contributed by atoms with Gasteiger partial charge in [-0.25, -0.2) is 0 Å². The number of nitrogens with one attached hydrogen (secondary N) is 1. The highest BCUT2D eigenvalue weighted by Gasteiger charge is 2.14. The fourth-order valence-electron chi connectivity index (χ4n) is 2.10. The van der Waals surface area contributed by atoms with Gasteiger partial charge in [0.1, 0.15) is 0 Å². The van der Waals surface area contributed by atoms with E-state index in [9.17, 15) is 4.79 Å². The molecule has 2 rings (SSSR count). The monoisotopic (exact) mass is 219 g/mol. The van der Waals surface area contributed by atoms with E-state index < -0.39 is 5.97 Å². The van der Waals surface area contributed by atoms with Crippen molar-refractivity contribution in [3.63, 3.8) is 0 Å². The summed E-state index contributed by atoms with van der Waals surface area (Å²) >= 11 is 0. The van der Waals surface area contributed by atoms with Crippen LogP contribution in [0.2, 0.25) is 0 Å². The van der Waals surface area contributed by atoms with Crippen molar-refractivity contribution in [1.82, 2.24) is 5.32 Å². The molecule has 0 aromatic heterocycles. The molecule has 1 atom stereocenters. The van der Waals surface area contributed by atoms with Gasteiger partial charge < -0.3 is 10.4 Å². The van der Waals surface area contributed by atoms with Crippen LogP contribution in [0.3, 0.4) is 0 Å². The molecular weight excluding hydrogens is 202 g/mol. The van der Waals surface area contributed by atoms with Gasteiger partial charge in [0.05, 0.1) is 5.92 Å². The molecule has 0 saturated heterocycles. The molecule has 0 fully saturated rings. The summed E-state index contributed by atoms with van der Waals surface area (Å²) in [6.45, 7) is 3.71. The van der Waals surface area contributed by atoms with E-state index in [1.165, 1.54) is 11.1 Å². The van der Waals surface area contributed by atoms with Gasteiger partial charge in [0, 0.05) is 6.54 Å². The van der Waals surface area contributed by atoms with Crippen molar-refractivity contribution in [3.05, 3.63) is 34.9 Å². The number of benzene rings is 1. The maximum atomic E-state index is 10.8. The van der Waals surface area contributed by atoms with E-state index >= 15 is 0 Å². The average molecular weight is 219 g/mol. The Morgan fingerprint density at radius 1 is 1.50 bits per heavy atom. The fourth-order valence-corrected chi connectivity index (χ4v) is 2.10. The number of carboxylic acid groups (broad SMARTS) is 1. The second-order valence-corrected chi connectivity index (χ2v) is 4.47. The highest BCUT2D eigenvalue weighted by Crippen LogP contribution is 2.18. The number of aliphatic carboxylic acids is 1. The summed E-state index contributed by atoms with van der Waals surface area (Å²) in [5.41, 5.74) is 3.85. The summed E-state index contributed by atoms with van der Waals surface area (Å²) in [4.78, 5) is 10.8. The van der Waals surface area contributed by atoms with Crippen molar-refractivity contribution >= 4 is 5.97 Å². The molecule has 0 spiro atoms. The minimum Gasteiger partial charge on any atom is -0.481 e. The molecule has 1 unspecified atom stereocenters. The first-order chi connectivity index (χ1) is 7.66. The largest absolute Gasteiger partial charge is 0.481 e. The SMILES string of the molecule is CC(Cc1ccc2c(c1)CCNC2)C(=O)O. The molecule has 0 aliphatic carbocycles. The van der Waals surface area contributed by atoms with E-state index in [1.54, 1.807) is 6.92 Å². The number of hydrogen-bond donors (Lipinski definition) is 2. The van der Waals surface area contributed by atoms with Crippen molar-refractivity contribution in [3.8, 4) is 0 Å². The number of carbonyl (C=O) groups is 1. The van der Waals surface area contributed by atoms with Crippen LogP contribution in [-0.4, -0.2) is 17.6 Å². The minimum absolute atomic E-state index is 0.306. The molecule has 1 aromatic carbocycles. The summed E-state index contributed by atoms with van der Waals surface area (Å²) in [5, 5.41) is 12.2. The van der Waals surface area contributed by atoms with Gasteiger partial charge in [0.15, 0.2) is 0 Å². The maximum Gasteiger partial charge on any atom is 0.306 e. The average Bonchev–Trinajstić information content (AvgIpc) is 2.28. The molecule has 16 heavy (non-hydrogen) atoms. The zero-order chi connectivity index (χ0) is 11.5. The van der Waals surface area contributed by atoms with Crippen molar-refractivity contribution in [2.45, 2.75) is 26.3 Å². The lowest BCUT2D eigenvalue weighted by atomic mass is 9.94. The van der Waals surface area contributed by atoms with Crippen LogP contribution in [0.5, 0.6) is 0 Å². The Morgan fingerprint density at radius 2 is 2.31 bits per heavy atom. The number of carboxylic acids is 1. The molecule has 0 bridgehead atoms. The molecule has 2 N–H and O–H groups in total. The molecular formula is C13H17NO2. The third kappa shape index (κ3) is 2.42. The summed E-state index contributed by atoms with van der Waals surface area (Å²) in [5.74, 6) is -1.03. The first-order valence-electron chi connectivity index (χ1n) is 5.71. The third-order valence-corrected chi connectivity index (χ3v) is 3.12. The fraction of sp³-hybridized carbons (Fsp3) is 0.462. The Labute approximate surface area is 95.5 Å². The second kappa shape index (κ2) is 4.66. The standard InChI is InChI=1S/C13H17NO2/c1-9(13(15)16)6-10-2-3-12-8-14-5-4-11(12)7-10/h2-3,7,9,14H,4-6,8H2,1H3,(H,15,16). The van der Waals surface area contributed by atoms with Gasteiger partial charge in [-0.2, -0.15) is 0 Å². The van der Waals surface area contributed by atoms with Gasteiger partial charge in [-0.05, 0) is 36.1 Å². The third-order valence-electron chi connectivity index (χ3n) is 3.12. The zero-order valence-electron chi connectivity index (χ0n) is 9.49. The van der Waals surface area contributed by atoms with Crippen LogP contribution < -0.4 is 5.32 Å². The molecule has 3 nitrogen and oxygen atoms in total. The summed E-state index contributed by atoms with van der Waals surface area (Å²) in [6.07, 6.45) is 1.67. The van der Waals surface area contributed by atoms with Crippen molar-refractivity contribution in [2.24, 2.45) is 5.92 Å². The Kier molecular flexibility index (Phi) is 3.25. The van der Waals surface area contributed by atoms with Gasteiger partial charge in [0.25, 0.3) is 0 Å². The molecule has 3 heteroatoms. The lowest BCUT2D eigenvalue weighted by Gasteiger charge is -2.18. The Balaban J connectivity index is 2.14. The highest BCUT2D eigenvalue weighted by molar-refractivity contribution is 5.69. The van der Waals surface area contributed by atoms with Crippen LogP contribution in [0.15, 0.2) is 18.2 Å². The van der Waals surface area contributed by atoms with Gasteiger partial charge in [0.2, 0.25) is 0 Å². The smallest absolute Gasteiger partial charge is 0.306 e. The molecule has 0 amide bonds. The van der Waals surface area contributed by atoms with Crippen LogP contribution >= 0.6 is 0 Å². The topological polar surface area (TPSA) is 49.3 Å². The van der Waals surface area contributed by atoms with E-state index in [4.69, 9.17) is 5.11 Å². The van der Waals surface area contributed by atoms with Gasteiger partial charge >= 0.3 is 5.97 Å². The molecule has 86 valence electrons.